The molecule has 0 spiro atoms. The summed E-state index contributed by atoms with van der Waals surface area (Å²) in [4.78, 5) is 14.2. The van der Waals surface area contributed by atoms with Crippen LogP contribution in [-0.4, -0.2) is 37.6 Å². The van der Waals surface area contributed by atoms with Gasteiger partial charge in [-0.3, -0.25) is 0 Å². The van der Waals surface area contributed by atoms with E-state index in [0.717, 1.165) is 31.4 Å². The fourth-order valence-corrected chi connectivity index (χ4v) is 2.92. The summed E-state index contributed by atoms with van der Waals surface area (Å²) in [7, 11) is 4.14. The molecule has 0 N–H and O–H groups in total. The van der Waals surface area contributed by atoms with E-state index in [1.165, 1.54) is 12.5 Å². The van der Waals surface area contributed by atoms with Crippen molar-refractivity contribution in [2.75, 3.05) is 20.6 Å². The van der Waals surface area contributed by atoms with Crippen molar-refractivity contribution in [2.24, 2.45) is 5.92 Å². The highest BCUT2D eigenvalue weighted by Crippen LogP contribution is 2.27. The van der Waals surface area contributed by atoms with Crippen molar-refractivity contribution >= 4 is 12.0 Å². The van der Waals surface area contributed by atoms with Crippen LogP contribution in [0.3, 0.4) is 0 Å². The van der Waals surface area contributed by atoms with E-state index in [1.807, 2.05) is 36.4 Å². The summed E-state index contributed by atoms with van der Waals surface area (Å²) in [6.07, 6.45) is 7.95. The largest absolute Gasteiger partial charge is 0.459 e. The molecule has 1 aliphatic rings. The molecule has 3 heteroatoms. The lowest BCUT2D eigenvalue weighted by atomic mass is 9.86. The average Bonchev–Trinajstić information content (AvgIpc) is 2.48. The molecule has 1 aliphatic carbocycles. The molecule has 0 aromatic heterocycles. The van der Waals surface area contributed by atoms with Crippen LogP contribution >= 0.6 is 0 Å². The summed E-state index contributed by atoms with van der Waals surface area (Å²) >= 11 is 0. The molecule has 0 radical (unpaired) electrons. The summed E-state index contributed by atoms with van der Waals surface area (Å²) in [6, 6.07) is 9.82. The van der Waals surface area contributed by atoms with Gasteiger partial charge in [0.2, 0.25) is 0 Å². The Bertz CT molecular complexity index is 467. The third kappa shape index (κ3) is 5.35. The van der Waals surface area contributed by atoms with Crippen molar-refractivity contribution in [3.05, 3.63) is 42.0 Å². The first kappa shape index (κ1) is 15.8. The Hall–Kier alpha value is -1.61. The van der Waals surface area contributed by atoms with Crippen molar-refractivity contribution in [1.82, 2.24) is 4.90 Å². The molecule has 2 rings (SSSR count). The van der Waals surface area contributed by atoms with Crippen LogP contribution in [0, 0.1) is 5.92 Å². The van der Waals surface area contributed by atoms with Gasteiger partial charge < -0.3 is 9.64 Å². The lowest BCUT2D eigenvalue weighted by Gasteiger charge is -2.32. The van der Waals surface area contributed by atoms with Crippen molar-refractivity contribution in [1.29, 1.82) is 0 Å². The van der Waals surface area contributed by atoms with E-state index < -0.39 is 0 Å². The maximum Gasteiger partial charge on any atom is 0.331 e. The Morgan fingerprint density at radius 3 is 2.67 bits per heavy atom. The monoisotopic (exact) mass is 287 g/mol. The lowest BCUT2D eigenvalue weighted by molar-refractivity contribution is -0.147. The molecule has 0 aliphatic heterocycles. The number of benzene rings is 1. The van der Waals surface area contributed by atoms with E-state index in [2.05, 4.69) is 19.0 Å². The Kier molecular flexibility index (Phi) is 6.00. The Labute approximate surface area is 127 Å². The highest BCUT2D eigenvalue weighted by atomic mass is 16.5. The maximum absolute atomic E-state index is 12.0. The summed E-state index contributed by atoms with van der Waals surface area (Å²) in [6.45, 7) is 0.986. The minimum Gasteiger partial charge on any atom is -0.459 e. The van der Waals surface area contributed by atoms with Gasteiger partial charge in [-0.15, -0.1) is 0 Å². The van der Waals surface area contributed by atoms with Gasteiger partial charge in [-0.1, -0.05) is 36.8 Å². The number of hydrogen-bond donors (Lipinski definition) is 0. The third-order valence-electron chi connectivity index (χ3n) is 3.92. The Morgan fingerprint density at radius 2 is 1.95 bits per heavy atom. The van der Waals surface area contributed by atoms with E-state index in [0.29, 0.717) is 5.92 Å². The van der Waals surface area contributed by atoms with Crippen LogP contribution in [0.4, 0.5) is 0 Å². The average molecular weight is 287 g/mol. The first-order valence-corrected chi connectivity index (χ1v) is 7.73. The molecular weight excluding hydrogens is 262 g/mol. The van der Waals surface area contributed by atoms with Gasteiger partial charge >= 0.3 is 5.97 Å². The van der Waals surface area contributed by atoms with Crippen molar-refractivity contribution < 1.29 is 9.53 Å². The molecule has 1 aromatic rings. The highest BCUT2D eigenvalue weighted by molar-refractivity contribution is 5.87. The number of esters is 1. The third-order valence-corrected chi connectivity index (χ3v) is 3.92. The Balaban J connectivity index is 1.89. The molecule has 2 atom stereocenters. The Morgan fingerprint density at radius 1 is 1.24 bits per heavy atom. The van der Waals surface area contributed by atoms with Crippen molar-refractivity contribution in [3.63, 3.8) is 0 Å². The molecule has 1 saturated carbocycles. The van der Waals surface area contributed by atoms with Gasteiger partial charge in [0, 0.05) is 18.5 Å². The SMILES string of the molecule is CN(C)C[C@@H]1CCCC[C@H]1OC(=O)/C=C/c1ccccc1. The zero-order valence-corrected chi connectivity index (χ0v) is 13.0. The van der Waals surface area contributed by atoms with E-state index >= 15 is 0 Å². The molecule has 0 unspecified atom stereocenters. The molecule has 1 fully saturated rings. The quantitative estimate of drug-likeness (QED) is 0.614. The van der Waals surface area contributed by atoms with Gasteiger partial charge in [-0.2, -0.15) is 0 Å². The second-order valence-electron chi connectivity index (χ2n) is 6.03. The molecule has 3 nitrogen and oxygen atoms in total. The first-order chi connectivity index (χ1) is 10.1. The van der Waals surface area contributed by atoms with Crippen LogP contribution < -0.4 is 0 Å². The first-order valence-electron chi connectivity index (χ1n) is 7.73. The normalized spacial score (nSPS) is 22.6. The maximum atomic E-state index is 12.0. The fraction of sp³-hybridized carbons (Fsp3) is 0.500. The zero-order valence-electron chi connectivity index (χ0n) is 13.0. The van der Waals surface area contributed by atoms with Crippen LogP contribution in [0.2, 0.25) is 0 Å². The molecule has 0 bridgehead atoms. The van der Waals surface area contributed by atoms with Crippen LogP contribution in [0.25, 0.3) is 6.08 Å². The molecular formula is C18H25NO2. The summed E-state index contributed by atoms with van der Waals surface area (Å²) in [5.74, 6) is 0.234. The minimum absolute atomic E-state index is 0.0640. The van der Waals surface area contributed by atoms with E-state index in [4.69, 9.17) is 4.74 Å². The second-order valence-corrected chi connectivity index (χ2v) is 6.03. The molecule has 0 heterocycles. The van der Waals surface area contributed by atoms with E-state index in [1.54, 1.807) is 0 Å². The predicted molar refractivity (Wildman–Crippen MR) is 85.9 cm³/mol. The number of rotatable bonds is 5. The summed E-state index contributed by atoms with van der Waals surface area (Å²) in [5.41, 5.74) is 1.02. The summed E-state index contributed by atoms with van der Waals surface area (Å²) in [5, 5.41) is 0. The van der Waals surface area contributed by atoms with Gasteiger partial charge in [-0.25, -0.2) is 4.79 Å². The van der Waals surface area contributed by atoms with Crippen LogP contribution in [-0.2, 0) is 9.53 Å². The number of hydrogen-bond acceptors (Lipinski definition) is 3. The highest BCUT2D eigenvalue weighted by Gasteiger charge is 2.28. The minimum atomic E-state index is -0.227. The molecule has 114 valence electrons. The summed E-state index contributed by atoms with van der Waals surface area (Å²) < 4.78 is 5.67. The van der Waals surface area contributed by atoms with Crippen LogP contribution in [0.1, 0.15) is 31.2 Å². The van der Waals surface area contributed by atoms with Gasteiger partial charge in [-0.05, 0) is 45.0 Å². The smallest absolute Gasteiger partial charge is 0.331 e. The standard InChI is InChI=1S/C18H25NO2/c1-19(2)14-16-10-6-7-11-17(16)21-18(20)13-12-15-8-4-3-5-9-15/h3-5,8-9,12-13,16-17H,6-7,10-11,14H2,1-2H3/b13-12+/t16-,17+/m0/s1. The van der Waals surface area contributed by atoms with E-state index in [9.17, 15) is 4.79 Å². The number of carbonyl (C=O) groups is 1. The van der Waals surface area contributed by atoms with Crippen molar-refractivity contribution in [3.8, 4) is 0 Å². The number of carbonyl (C=O) groups excluding carboxylic acids is 1. The molecule has 21 heavy (non-hydrogen) atoms. The van der Waals surface area contributed by atoms with Crippen LogP contribution in [0.15, 0.2) is 36.4 Å². The van der Waals surface area contributed by atoms with Gasteiger partial charge in [0.05, 0.1) is 0 Å². The van der Waals surface area contributed by atoms with Gasteiger partial charge in [0.15, 0.2) is 0 Å². The number of ether oxygens (including phenoxy) is 1. The molecule has 0 amide bonds. The molecule has 0 saturated heterocycles. The zero-order chi connectivity index (χ0) is 15.1. The fourth-order valence-electron chi connectivity index (χ4n) is 2.92. The van der Waals surface area contributed by atoms with Crippen LogP contribution in [0.5, 0.6) is 0 Å². The van der Waals surface area contributed by atoms with Crippen molar-refractivity contribution in [2.45, 2.75) is 31.8 Å². The lowest BCUT2D eigenvalue weighted by Crippen LogP contribution is -2.36. The van der Waals surface area contributed by atoms with E-state index in [-0.39, 0.29) is 12.1 Å². The molecule has 1 aromatic carbocycles. The number of nitrogens with zero attached hydrogens (tertiary/aromatic N) is 1. The van der Waals surface area contributed by atoms with Gasteiger partial charge in [0.25, 0.3) is 0 Å². The topological polar surface area (TPSA) is 29.5 Å². The predicted octanol–water partition coefficient (Wildman–Crippen LogP) is 3.36. The second kappa shape index (κ2) is 7.99. The van der Waals surface area contributed by atoms with Gasteiger partial charge in [0.1, 0.15) is 6.10 Å².